The second-order valence-corrected chi connectivity index (χ2v) is 6.71. The van der Waals surface area contributed by atoms with E-state index in [9.17, 15) is 12.8 Å². The molecule has 0 unspecified atom stereocenters. The van der Waals surface area contributed by atoms with Crippen LogP contribution >= 0.6 is 15.9 Å². The van der Waals surface area contributed by atoms with Crippen LogP contribution in [0.4, 0.5) is 15.8 Å². The fourth-order valence-electron chi connectivity index (χ4n) is 1.64. The molecule has 0 aliphatic heterocycles. The molecule has 20 heavy (non-hydrogen) atoms. The highest BCUT2D eigenvalue weighted by Gasteiger charge is 2.20. The summed E-state index contributed by atoms with van der Waals surface area (Å²) in [7, 11) is -4.03. The summed E-state index contributed by atoms with van der Waals surface area (Å²) in [5, 5.41) is 0. The van der Waals surface area contributed by atoms with Crippen molar-refractivity contribution in [3.63, 3.8) is 0 Å². The maximum Gasteiger partial charge on any atom is 0.264 e. The third-order valence-electron chi connectivity index (χ3n) is 2.76. The molecule has 0 aliphatic rings. The molecule has 0 spiro atoms. The van der Waals surface area contributed by atoms with Crippen LogP contribution < -0.4 is 10.5 Å². The molecule has 2 aromatic carbocycles. The fraction of sp³-hybridized carbons (Fsp3) is 0.0769. The Hall–Kier alpha value is -1.60. The number of rotatable bonds is 3. The topological polar surface area (TPSA) is 72.2 Å². The number of sulfonamides is 1. The Bertz CT molecular complexity index is 763. The van der Waals surface area contributed by atoms with E-state index in [1.807, 2.05) is 0 Å². The lowest BCUT2D eigenvalue weighted by Gasteiger charge is -2.12. The van der Waals surface area contributed by atoms with Crippen molar-refractivity contribution in [2.24, 2.45) is 0 Å². The quantitative estimate of drug-likeness (QED) is 0.827. The SMILES string of the molecule is Cc1c(Br)cccc1NS(=O)(=O)c1cc(N)ccc1F. The molecule has 0 heterocycles. The molecule has 7 heteroatoms. The van der Waals surface area contributed by atoms with E-state index >= 15 is 0 Å². The van der Waals surface area contributed by atoms with E-state index in [0.717, 1.165) is 16.6 Å². The largest absolute Gasteiger partial charge is 0.399 e. The predicted octanol–water partition coefficient (Wildman–Crippen LogP) is 3.28. The van der Waals surface area contributed by atoms with Gasteiger partial charge in [-0.25, -0.2) is 12.8 Å². The molecule has 0 saturated heterocycles. The molecular weight excluding hydrogens is 347 g/mol. The van der Waals surface area contributed by atoms with Crippen LogP contribution in [0.5, 0.6) is 0 Å². The fourth-order valence-corrected chi connectivity index (χ4v) is 3.25. The number of hydrogen-bond acceptors (Lipinski definition) is 3. The molecule has 4 nitrogen and oxygen atoms in total. The van der Waals surface area contributed by atoms with Crippen molar-refractivity contribution in [3.05, 3.63) is 52.3 Å². The first-order valence-electron chi connectivity index (χ1n) is 5.64. The number of nitrogens with two attached hydrogens (primary N) is 1. The predicted molar refractivity (Wildman–Crippen MR) is 80.5 cm³/mol. The van der Waals surface area contributed by atoms with Gasteiger partial charge in [0.25, 0.3) is 10.0 Å². The number of nitrogen functional groups attached to an aromatic ring is 1. The summed E-state index contributed by atoms with van der Waals surface area (Å²) in [4.78, 5) is -0.475. The molecule has 0 radical (unpaired) electrons. The van der Waals surface area contributed by atoms with Crippen molar-refractivity contribution in [1.29, 1.82) is 0 Å². The average Bonchev–Trinajstić information content (AvgIpc) is 2.37. The second kappa shape index (κ2) is 5.41. The molecule has 0 atom stereocenters. The molecule has 0 amide bonds. The Morgan fingerprint density at radius 1 is 1.25 bits per heavy atom. The lowest BCUT2D eigenvalue weighted by Crippen LogP contribution is -2.15. The first-order chi connectivity index (χ1) is 9.31. The summed E-state index contributed by atoms with van der Waals surface area (Å²) >= 11 is 3.31. The normalized spacial score (nSPS) is 11.3. The van der Waals surface area contributed by atoms with Crippen molar-refractivity contribution >= 4 is 37.3 Å². The number of nitrogens with one attached hydrogen (secondary N) is 1. The summed E-state index contributed by atoms with van der Waals surface area (Å²) < 4.78 is 41.2. The minimum absolute atomic E-state index is 0.178. The molecule has 106 valence electrons. The van der Waals surface area contributed by atoms with Gasteiger partial charge in [0.05, 0.1) is 5.69 Å². The summed E-state index contributed by atoms with van der Waals surface area (Å²) in [6.45, 7) is 1.75. The average molecular weight is 359 g/mol. The van der Waals surface area contributed by atoms with Crippen molar-refractivity contribution in [1.82, 2.24) is 0 Å². The van der Waals surface area contributed by atoms with Crippen LogP contribution in [-0.2, 0) is 10.0 Å². The summed E-state index contributed by atoms with van der Waals surface area (Å²) in [6, 6.07) is 8.49. The van der Waals surface area contributed by atoms with Gasteiger partial charge >= 0.3 is 0 Å². The zero-order chi connectivity index (χ0) is 14.9. The van der Waals surface area contributed by atoms with E-state index in [4.69, 9.17) is 5.73 Å². The third kappa shape index (κ3) is 2.94. The number of anilines is 2. The summed E-state index contributed by atoms with van der Waals surface area (Å²) in [5.74, 6) is -0.848. The van der Waals surface area contributed by atoms with Gasteiger partial charge in [0.1, 0.15) is 10.7 Å². The minimum atomic E-state index is -4.03. The molecule has 3 N–H and O–H groups in total. The molecule has 0 aliphatic carbocycles. The Balaban J connectivity index is 2.46. The lowest BCUT2D eigenvalue weighted by atomic mass is 10.2. The number of benzene rings is 2. The highest BCUT2D eigenvalue weighted by atomic mass is 79.9. The first kappa shape index (κ1) is 14.8. The Morgan fingerprint density at radius 2 is 1.95 bits per heavy atom. The van der Waals surface area contributed by atoms with E-state index in [-0.39, 0.29) is 5.69 Å². The zero-order valence-electron chi connectivity index (χ0n) is 10.5. The summed E-state index contributed by atoms with van der Waals surface area (Å²) in [6.07, 6.45) is 0. The van der Waals surface area contributed by atoms with Crippen LogP contribution in [0.2, 0.25) is 0 Å². The molecular formula is C13H12BrFN2O2S. The first-order valence-corrected chi connectivity index (χ1v) is 7.92. The van der Waals surface area contributed by atoms with Gasteiger partial charge in [-0.2, -0.15) is 0 Å². The van der Waals surface area contributed by atoms with Crippen LogP contribution in [0.1, 0.15) is 5.56 Å². The third-order valence-corrected chi connectivity index (χ3v) is 5.00. The highest BCUT2D eigenvalue weighted by molar-refractivity contribution is 9.10. The number of hydrogen-bond donors (Lipinski definition) is 2. The van der Waals surface area contributed by atoms with Gasteiger partial charge in [-0.15, -0.1) is 0 Å². The van der Waals surface area contributed by atoms with Gasteiger partial charge in [-0.3, -0.25) is 4.72 Å². The van der Waals surface area contributed by atoms with Crippen LogP contribution in [-0.4, -0.2) is 8.42 Å². The zero-order valence-corrected chi connectivity index (χ0v) is 12.9. The van der Waals surface area contributed by atoms with Crippen molar-refractivity contribution < 1.29 is 12.8 Å². The van der Waals surface area contributed by atoms with Crippen LogP contribution in [0.15, 0.2) is 45.8 Å². The van der Waals surface area contributed by atoms with Crippen LogP contribution in [0, 0.1) is 12.7 Å². The lowest BCUT2D eigenvalue weighted by molar-refractivity contribution is 0.570. The van der Waals surface area contributed by atoms with E-state index in [0.29, 0.717) is 11.3 Å². The van der Waals surface area contributed by atoms with Crippen molar-refractivity contribution in [3.8, 4) is 0 Å². The summed E-state index contributed by atoms with van der Waals surface area (Å²) in [5.41, 5.74) is 6.77. The van der Waals surface area contributed by atoms with Gasteiger partial charge in [0.2, 0.25) is 0 Å². The van der Waals surface area contributed by atoms with Crippen LogP contribution in [0.25, 0.3) is 0 Å². The Morgan fingerprint density at radius 3 is 2.65 bits per heavy atom. The smallest absolute Gasteiger partial charge is 0.264 e. The van der Waals surface area contributed by atoms with Gasteiger partial charge in [0.15, 0.2) is 0 Å². The van der Waals surface area contributed by atoms with Gasteiger partial charge in [0, 0.05) is 10.2 Å². The van der Waals surface area contributed by atoms with Crippen molar-refractivity contribution in [2.75, 3.05) is 10.5 Å². The van der Waals surface area contributed by atoms with Gasteiger partial charge in [-0.1, -0.05) is 22.0 Å². The van der Waals surface area contributed by atoms with E-state index in [2.05, 4.69) is 20.7 Å². The monoisotopic (exact) mass is 358 g/mol. The van der Waals surface area contributed by atoms with E-state index in [1.165, 1.54) is 6.07 Å². The second-order valence-electron chi connectivity index (χ2n) is 4.21. The van der Waals surface area contributed by atoms with E-state index < -0.39 is 20.7 Å². The molecule has 0 saturated carbocycles. The molecule has 0 aromatic heterocycles. The van der Waals surface area contributed by atoms with Crippen molar-refractivity contribution in [2.45, 2.75) is 11.8 Å². The van der Waals surface area contributed by atoms with E-state index in [1.54, 1.807) is 25.1 Å². The molecule has 0 bridgehead atoms. The Kier molecular flexibility index (Phi) is 4.01. The van der Waals surface area contributed by atoms with Gasteiger partial charge in [-0.05, 0) is 42.8 Å². The maximum atomic E-state index is 13.7. The van der Waals surface area contributed by atoms with Crippen LogP contribution in [0.3, 0.4) is 0 Å². The Labute approximate surface area is 125 Å². The molecule has 2 rings (SSSR count). The molecule has 0 fully saturated rings. The highest BCUT2D eigenvalue weighted by Crippen LogP contribution is 2.27. The minimum Gasteiger partial charge on any atom is -0.399 e. The number of halogens is 2. The van der Waals surface area contributed by atoms with Gasteiger partial charge < -0.3 is 5.73 Å². The standard InChI is InChI=1S/C13H12BrFN2O2S/c1-8-10(14)3-2-4-12(8)17-20(18,19)13-7-9(16)5-6-11(13)15/h2-7,17H,16H2,1H3. The molecule has 2 aromatic rings. The maximum absolute atomic E-state index is 13.7.